The van der Waals surface area contributed by atoms with Crippen LogP contribution in [0, 0.1) is 0 Å². The van der Waals surface area contributed by atoms with E-state index in [-0.39, 0.29) is 32.3 Å². The normalized spacial score (nSPS) is 7.33. The van der Waals surface area contributed by atoms with E-state index in [1.165, 1.54) is 6.92 Å². The van der Waals surface area contributed by atoms with Crippen LogP contribution in [0.25, 0.3) is 0 Å². The van der Waals surface area contributed by atoms with E-state index in [9.17, 15) is 9.59 Å². The molecule has 0 saturated carbocycles. The van der Waals surface area contributed by atoms with Gasteiger partial charge in [0, 0.05) is 13.3 Å². The summed E-state index contributed by atoms with van der Waals surface area (Å²) in [6, 6.07) is 0. The molecule has 3 nitrogen and oxygen atoms in total. The molecule has 0 heterocycles. The topological polar surface area (TPSA) is 43.4 Å². The molecule has 0 N–H and O–H groups in total. The fraction of sp³-hybridized carbons (Fsp3) is 0.600. The first-order valence-corrected chi connectivity index (χ1v) is 2.38. The first-order valence-electron chi connectivity index (χ1n) is 2.38. The van der Waals surface area contributed by atoms with Gasteiger partial charge in [0.1, 0.15) is 0 Å². The smallest absolute Gasteiger partial charge is 1.00 e. The number of carbonyl (C=O) groups is 2. The molecule has 0 spiro atoms. The third-order valence-corrected chi connectivity index (χ3v) is 0.546. The van der Waals surface area contributed by atoms with Gasteiger partial charge in [0.05, 0.1) is 0 Å². The van der Waals surface area contributed by atoms with Gasteiger partial charge in [-0.25, -0.2) is 0 Å². The summed E-state index contributed by atoms with van der Waals surface area (Å²) in [5, 5.41) is 0. The van der Waals surface area contributed by atoms with Gasteiger partial charge in [-0.05, 0) is 0 Å². The van der Waals surface area contributed by atoms with E-state index in [4.69, 9.17) is 0 Å². The Kier molecular flexibility index (Phi) is 7.82. The summed E-state index contributed by atoms with van der Waals surface area (Å²) in [7, 11) is 0. The van der Waals surface area contributed by atoms with Crippen molar-refractivity contribution in [1.82, 2.24) is 0 Å². The molecule has 0 bridgehead atoms. The van der Waals surface area contributed by atoms with E-state index in [0.717, 1.165) is 0 Å². The van der Waals surface area contributed by atoms with Crippen molar-refractivity contribution in [2.75, 3.05) is 0 Å². The van der Waals surface area contributed by atoms with Crippen molar-refractivity contribution >= 4 is 35.0 Å². The fourth-order valence-electron chi connectivity index (χ4n) is 0.232. The van der Waals surface area contributed by atoms with Crippen LogP contribution in [0.3, 0.4) is 0 Å². The predicted octanol–water partition coefficient (Wildman–Crippen LogP) is 0.330. The summed E-state index contributed by atoms with van der Waals surface area (Å²) in [6.07, 6.45) is 0.250. The Labute approximate surface area is 72.9 Å². The van der Waals surface area contributed by atoms with Crippen LogP contribution in [0.2, 0.25) is 0 Å². The molecule has 0 unspecified atom stereocenters. The molecule has 0 rings (SSSR count). The van der Waals surface area contributed by atoms with E-state index in [1.807, 2.05) is 0 Å². The van der Waals surface area contributed by atoms with Crippen LogP contribution in [0.1, 0.15) is 23.1 Å². The summed E-state index contributed by atoms with van der Waals surface area (Å²) < 4.78 is 4.12. The SMILES string of the molecule is CCC(=O)OC(C)=O.[H-].[H-].[Mg+2]. The van der Waals surface area contributed by atoms with Crippen molar-refractivity contribution < 1.29 is 17.2 Å². The monoisotopic (exact) mass is 142 g/mol. The standard InChI is InChI=1S/C5H8O3.Mg.2H/c1-3-5(7)8-4(2)6;;;/h3H2,1-2H3;;;/q;+2;2*-1. The van der Waals surface area contributed by atoms with Crippen molar-refractivity contribution in [3.8, 4) is 0 Å². The average Bonchev–Trinajstić information content (AvgIpc) is 1.65. The maximum atomic E-state index is 10.2. The Morgan fingerprint density at radius 3 is 2.11 bits per heavy atom. The van der Waals surface area contributed by atoms with Gasteiger partial charge in [-0.2, -0.15) is 0 Å². The molecular formula is C5H10MgO3. The van der Waals surface area contributed by atoms with Crippen LogP contribution in [0.15, 0.2) is 0 Å². The number of hydrogen-bond acceptors (Lipinski definition) is 3. The maximum Gasteiger partial charge on any atom is 2.00 e. The van der Waals surface area contributed by atoms with Gasteiger partial charge in [0.15, 0.2) is 0 Å². The van der Waals surface area contributed by atoms with E-state index < -0.39 is 11.9 Å². The molecule has 0 aliphatic heterocycles. The third-order valence-electron chi connectivity index (χ3n) is 0.546. The minimum Gasteiger partial charge on any atom is -1.00 e. The summed E-state index contributed by atoms with van der Waals surface area (Å²) in [4.78, 5) is 20.1. The van der Waals surface area contributed by atoms with Crippen LogP contribution in [0.4, 0.5) is 0 Å². The van der Waals surface area contributed by atoms with Gasteiger partial charge in [0.2, 0.25) is 0 Å². The van der Waals surface area contributed by atoms with E-state index in [2.05, 4.69) is 4.74 Å². The minimum atomic E-state index is -0.545. The molecule has 0 aliphatic rings. The molecule has 0 saturated heterocycles. The molecule has 50 valence electrons. The van der Waals surface area contributed by atoms with Gasteiger partial charge in [-0.15, -0.1) is 0 Å². The van der Waals surface area contributed by atoms with Crippen LogP contribution >= 0.6 is 0 Å². The zero-order valence-electron chi connectivity index (χ0n) is 7.64. The molecule has 0 aliphatic carbocycles. The average molecular weight is 142 g/mol. The third kappa shape index (κ3) is 7.91. The molecule has 0 amide bonds. The van der Waals surface area contributed by atoms with Gasteiger partial charge in [-0.3, -0.25) is 9.59 Å². The van der Waals surface area contributed by atoms with Gasteiger partial charge in [0.25, 0.3) is 0 Å². The second-order valence-corrected chi connectivity index (χ2v) is 1.32. The zero-order chi connectivity index (χ0) is 6.57. The Morgan fingerprint density at radius 1 is 1.56 bits per heavy atom. The van der Waals surface area contributed by atoms with Crippen molar-refractivity contribution in [2.45, 2.75) is 20.3 Å². The van der Waals surface area contributed by atoms with Crippen molar-refractivity contribution in [1.29, 1.82) is 0 Å². The zero-order valence-corrected chi connectivity index (χ0v) is 7.05. The molecular weight excluding hydrogens is 132 g/mol. The van der Waals surface area contributed by atoms with Crippen molar-refractivity contribution in [3.63, 3.8) is 0 Å². The molecule has 0 radical (unpaired) electrons. The van der Waals surface area contributed by atoms with Gasteiger partial charge >= 0.3 is 35.0 Å². The first kappa shape index (κ1) is 11.7. The second-order valence-electron chi connectivity index (χ2n) is 1.32. The van der Waals surface area contributed by atoms with Crippen LogP contribution < -0.4 is 0 Å². The quantitative estimate of drug-likeness (QED) is 0.301. The summed E-state index contributed by atoms with van der Waals surface area (Å²) in [5.41, 5.74) is 0. The second kappa shape index (κ2) is 6.03. The number of ether oxygens (including phenoxy) is 1. The van der Waals surface area contributed by atoms with E-state index in [0.29, 0.717) is 0 Å². The minimum absolute atomic E-state index is 0. The van der Waals surface area contributed by atoms with Crippen LogP contribution in [-0.2, 0) is 14.3 Å². The molecule has 0 fully saturated rings. The number of rotatable bonds is 1. The maximum absolute atomic E-state index is 10.2. The number of carbonyl (C=O) groups excluding carboxylic acids is 2. The van der Waals surface area contributed by atoms with Crippen LogP contribution in [0.5, 0.6) is 0 Å². The molecule has 9 heavy (non-hydrogen) atoms. The predicted molar refractivity (Wildman–Crippen MR) is 35.0 cm³/mol. The molecule has 0 aromatic rings. The summed E-state index contributed by atoms with van der Waals surface area (Å²) >= 11 is 0. The fourth-order valence-corrected chi connectivity index (χ4v) is 0.232. The molecule has 0 aromatic heterocycles. The molecule has 4 heteroatoms. The summed E-state index contributed by atoms with van der Waals surface area (Å²) in [5.74, 6) is -1.02. The Balaban J connectivity index is -0.0000000817. The Hall–Kier alpha value is -0.0938. The largest absolute Gasteiger partial charge is 2.00 e. The summed E-state index contributed by atoms with van der Waals surface area (Å²) in [6.45, 7) is 2.83. The first-order chi connectivity index (χ1) is 3.66. The van der Waals surface area contributed by atoms with Gasteiger partial charge in [-0.1, -0.05) is 6.92 Å². The number of esters is 2. The van der Waals surface area contributed by atoms with Gasteiger partial charge < -0.3 is 7.59 Å². The van der Waals surface area contributed by atoms with Crippen molar-refractivity contribution in [2.24, 2.45) is 0 Å². The van der Waals surface area contributed by atoms with E-state index >= 15 is 0 Å². The van der Waals surface area contributed by atoms with Crippen molar-refractivity contribution in [3.05, 3.63) is 0 Å². The Bertz CT molecular complexity index is 118. The Morgan fingerprint density at radius 2 is 2.00 bits per heavy atom. The number of hydrogen-bond donors (Lipinski definition) is 0. The molecule has 0 atom stereocenters. The molecule has 0 aromatic carbocycles. The van der Waals surface area contributed by atoms with Crippen LogP contribution in [-0.4, -0.2) is 35.0 Å². The van der Waals surface area contributed by atoms with E-state index in [1.54, 1.807) is 6.92 Å².